The minimum absolute atomic E-state index is 0.102. The fraction of sp³-hybridized carbons (Fsp3) is 0.467. The molecule has 0 radical (unpaired) electrons. The molecular formula is C15H17BrN2O. The van der Waals surface area contributed by atoms with Gasteiger partial charge < -0.3 is 0 Å². The molecule has 0 N–H and O–H groups in total. The molecule has 4 heteroatoms. The van der Waals surface area contributed by atoms with Crippen molar-refractivity contribution >= 4 is 21.6 Å². The maximum atomic E-state index is 12.5. The zero-order valence-corrected chi connectivity index (χ0v) is 12.8. The highest BCUT2D eigenvalue weighted by Crippen LogP contribution is 2.36. The molecule has 1 unspecified atom stereocenters. The summed E-state index contributed by atoms with van der Waals surface area (Å²) in [5, 5.41) is 0. The van der Waals surface area contributed by atoms with Gasteiger partial charge in [-0.05, 0) is 36.8 Å². The van der Waals surface area contributed by atoms with Crippen LogP contribution in [0.25, 0.3) is 5.65 Å². The average molecular weight is 321 g/mol. The molecule has 0 saturated carbocycles. The van der Waals surface area contributed by atoms with E-state index < -0.39 is 0 Å². The Morgan fingerprint density at radius 1 is 1.53 bits per heavy atom. The first kappa shape index (κ1) is 12.9. The van der Waals surface area contributed by atoms with Gasteiger partial charge in [-0.1, -0.05) is 36.2 Å². The molecule has 0 aliphatic heterocycles. The number of aromatic nitrogens is 2. The number of rotatable bonds is 1. The second-order valence-electron chi connectivity index (χ2n) is 5.76. The molecule has 0 spiro atoms. The Morgan fingerprint density at radius 3 is 3.05 bits per heavy atom. The van der Waals surface area contributed by atoms with Crippen LogP contribution in [0, 0.1) is 5.41 Å². The molecule has 0 aromatic carbocycles. The fourth-order valence-electron chi connectivity index (χ4n) is 2.81. The summed E-state index contributed by atoms with van der Waals surface area (Å²) in [6, 6.07) is 3.78. The van der Waals surface area contributed by atoms with Crippen LogP contribution in [0.15, 0.2) is 27.6 Å². The van der Waals surface area contributed by atoms with E-state index in [0.29, 0.717) is 0 Å². The van der Waals surface area contributed by atoms with Crippen molar-refractivity contribution in [1.82, 2.24) is 9.38 Å². The lowest BCUT2D eigenvalue weighted by Gasteiger charge is -2.33. The highest BCUT2D eigenvalue weighted by molar-refractivity contribution is 9.10. The van der Waals surface area contributed by atoms with Crippen molar-refractivity contribution in [3.05, 3.63) is 44.4 Å². The Balaban J connectivity index is 2.23. The molecular weight excluding hydrogens is 304 g/mol. The van der Waals surface area contributed by atoms with Gasteiger partial charge in [-0.25, -0.2) is 4.98 Å². The molecule has 2 heterocycles. The smallest absolute Gasteiger partial charge is 0.261 e. The van der Waals surface area contributed by atoms with Crippen LogP contribution in [0.4, 0.5) is 0 Å². The topological polar surface area (TPSA) is 34.4 Å². The molecule has 1 atom stereocenters. The quantitative estimate of drug-likeness (QED) is 0.807. The summed E-state index contributed by atoms with van der Waals surface area (Å²) in [6.07, 6.45) is 5.77. The van der Waals surface area contributed by atoms with Crippen LogP contribution in [0.3, 0.4) is 0 Å². The first-order chi connectivity index (χ1) is 9.02. The monoisotopic (exact) mass is 320 g/mol. The van der Waals surface area contributed by atoms with Gasteiger partial charge in [0.05, 0.1) is 5.69 Å². The molecule has 0 saturated heterocycles. The summed E-state index contributed by atoms with van der Waals surface area (Å²) in [4.78, 5) is 17.2. The maximum absolute atomic E-state index is 12.5. The van der Waals surface area contributed by atoms with Gasteiger partial charge in [0.2, 0.25) is 0 Å². The van der Waals surface area contributed by atoms with E-state index in [1.165, 1.54) is 0 Å². The first-order valence-electron chi connectivity index (χ1n) is 6.72. The lowest BCUT2D eigenvalue weighted by Crippen LogP contribution is -2.32. The summed E-state index contributed by atoms with van der Waals surface area (Å²) in [7, 11) is 0. The minimum Gasteiger partial charge on any atom is -0.269 e. The van der Waals surface area contributed by atoms with Crippen molar-refractivity contribution in [2.24, 2.45) is 5.41 Å². The largest absolute Gasteiger partial charge is 0.269 e. The normalized spacial score (nSPS) is 22.5. The Labute approximate surface area is 120 Å². The Bertz CT molecular complexity index is 707. The molecule has 0 bridgehead atoms. The first-order valence-corrected chi connectivity index (χ1v) is 7.51. The van der Waals surface area contributed by atoms with Crippen LogP contribution in [0.5, 0.6) is 0 Å². The molecule has 1 aliphatic rings. The van der Waals surface area contributed by atoms with Crippen LogP contribution in [0.1, 0.15) is 37.9 Å². The van der Waals surface area contributed by atoms with E-state index >= 15 is 0 Å². The van der Waals surface area contributed by atoms with Crippen LogP contribution < -0.4 is 5.56 Å². The van der Waals surface area contributed by atoms with E-state index in [0.717, 1.165) is 47.1 Å². The lowest BCUT2D eigenvalue weighted by molar-refractivity contribution is 0.263. The molecule has 19 heavy (non-hydrogen) atoms. The van der Waals surface area contributed by atoms with Gasteiger partial charge in [-0.3, -0.25) is 9.20 Å². The highest BCUT2D eigenvalue weighted by atomic mass is 79.9. The standard InChI is InChI=1S/C15H17BrN2O/c1-3-15(2)6-4-11-12(9-15)17-13-8-10(16)5-7-18(13)14(11)19/h5,7-8H,3-4,6,9H2,1-2H3. The molecule has 2 aromatic heterocycles. The Kier molecular flexibility index (Phi) is 3.01. The number of pyridine rings is 1. The lowest BCUT2D eigenvalue weighted by atomic mass is 9.73. The third-order valence-corrected chi connectivity index (χ3v) is 4.89. The fourth-order valence-corrected chi connectivity index (χ4v) is 3.14. The Morgan fingerprint density at radius 2 is 2.32 bits per heavy atom. The summed E-state index contributed by atoms with van der Waals surface area (Å²) < 4.78 is 2.60. The summed E-state index contributed by atoms with van der Waals surface area (Å²) in [6.45, 7) is 4.51. The number of nitrogens with zero attached hydrogens (tertiary/aromatic N) is 2. The second kappa shape index (κ2) is 4.44. The summed E-state index contributed by atoms with van der Waals surface area (Å²) in [5.74, 6) is 0. The SMILES string of the molecule is CCC1(C)CCc2c(nc3cc(Br)ccn3c2=O)C1. The van der Waals surface area contributed by atoms with E-state index in [9.17, 15) is 4.79 Å². The van der Waals surface area contributed by atoms with Crippen molar-refractivity contribution in [1.29, 1.82) is 0 Å². The zero-order valence-electron chi connectivity index (χ0n) is 11.2. The predicted molar refractivity (Wildman–Crippen MR) is 79.6 cm³/mol. The molecule has 2 aromatic rings. The van der Waals surface area contributed by atoms with Crippen molar-refractivity contribution < 1.29 is 0 Å². The third-order valence-electron chi connectivity index (χ3n) is 4.40. The predicted octanol–water partition coefficient (Wildman–Crippen LogP) is 3.36. The van der Waals surface area contributed by atoms with Crippen molar-refractivity contribution in [3.8, 4) is 0 Å². The van der Waals surface area contributed by atoms with Gasteiger partial charge >= 0.3 is 0 Å². The molecule has 3 nitrogen and oxygen atoms in total. The van der Waals surface area contributed by atoms with E-state index in [1.54, 1.807) is 10.6 Å². The van der Waals surface area contributed by atoms with Crippen molar-refractivity contribution in [3.63, 3.8) is 0 Å². The van der Waals surface area contributed by atoms with Gasteiger partial charge in [-0.2, -0.15) is 0 Å². The molecule has 0 amide bonds. The van der Waals surface area contributed by atoms with Gasteiger partial charge in [0.1, 0.15) is 5.65 Å². The number of hydrogen-bond donors (Lipinski definition) is 0. The van der Waals surface area contributed by atoms with E-state index in [1.807, 2.05) is 12.1 Å². The van der Waals surface area contributed by atoms with E-state index in [-0.39, 0.29) is 11.0 Å². The second-order valence-corrected chi connectivity index (χ2v) is 6.67. The number of halogens is 1. The van der Waals surface area contributed by atoms with Gasteiger partial charge in [0.15, 0.2) is 0 Å². The van der Waals surface area contributed by atoms with Crippen LogP contribution in [0.2, 0.25) is 0 Å². The molecule has 3 rings (SSSR count). The molecule has 0 fully saturated rings. The van der Waals surface area contributed by atoms with Gasteiger partial charge in [0, 0.05) is 16.2 Å². The molecule has 1 aliphatic carbocycles. The van der Waals surface area contributed by atoms with Gasteiger partial charge in [-0.15, -0.1) is 0 Å². The molecule has 100 valence electrons. The maximum Gasteiger partial charge on any atom is 0.261 e. The summed E-state index contributed by atoms with van der Waals surface area (Å²) >= 11 is 3.43. The van der Waals surface area contributed by atoms with Crippen LogP contribution in [-0.4, -0.2) is 9.38 Å². The van der Waals surface area contributed by atoms with Crippen molar-refractivity contribution in [2.75, 3.05) is 0 Å². The zero-order chi connectivity index (χ0) is 13.6. The highest BCUT2D eigenvalue weighted by Gasteiger charge is 2.30. The minimum atomic E-state index is 0.102. The Hall–Kier alpha value is -1.16. The summed E-state index contributed by atoms with van der Waals surface area (Å²) in [5.41, 5.74) is 3.03. The average Bonchev–Trinajstić information content (AvgIpc) is 2.38. The van der Waals surface area contributed by atoms with E-state index in [2.05, 4.69) is 29.8 Å². The van der Waals surface area contributed by atoms with Crippen LogP contribution >= 0.6 is 15.9 Å². The van der Waals surface area contributed by atoms with Crippen molar-refractivity contribution in [2.45, 2.75) is 39.5 Å². The van der Waals surface area contributed by atoms with Gasteiger partial charge in [0.25, 0.3) is 5.56 Å². The number of hydrogen-bond acceptors (Lipinski definition) is 2. The van der Waals surface area contributed by atoms with Crippen LogP contribution in [-0.2, 0) is 12.8 Å². The third kappa shape index (κ3) is 2.12. The van der Waals surface area contributed by atoms with E-state index in [4.69, 9.17) is 4.98 Å². The number of fused-ring (bicyclic) bond motifs is 2.